The Hall–Kier alpha value is -3.82. The van der Waals surface area contributed by atoms with Crippen LogP contribution in [0.25, 0.3) is 0 Å². The highest BCUT2D eigenvalue weighted by Gasteiger charge is 2.22. The lowest BCUT2D eigenvalue weighted by molar-refractivity contribution is -0.385. The van der Waals surface area contributed by atoms with Crippen molar-refractivity contribution in [3.8, 4) is 23.0 Å². The summed E-state index contributed by atoms with van der Waals surface area (Å²) in [7, 11) is 2.97. The number of hydrogen-bond donors (Lipinski definition) is 1. The Balaban J connectivity index is 1.66. The smallest absolute Gasteiger partial charge is 0.277 e. The van der Waals surface area contributed by atoms with Crippen molar-refractivity contribution in [2.75, 3.05) is 21.0 Å². The molecule has 0 aromatic heterocycles. The summed E-state index contributed by atoms with van der Waals surface area (Å²) in [6.07, 6.45) is 0. The van der Waals surface area contributed by atoms with E-state index in [2.05, 4.69) is 4.90 Å². The second-order valence-corrected chi connectivity index (χ2v) is 7.95. The summed E-state index contributed by atoms with van der Waals surface area (Å²) < 4.78 is 21.6. The van der Waals surface area contributed by atoms with Crippen LogP contribution in [0.2, 0.25) is 0 Å². The lowest BCUT2D eigenvalue weighted by Crippen LogP contribution is -2.23. The maximum atomic E-state index is 11.8. The van der Waals surface area contributed by atoms with Crippen molar-refractivity contribution in [1.82, 2.24) is 4.90 Å². The molecule has 0 atom stereocenters. The molecule has 9 heteroatoms. The Kier molecular flexibility index (Phi) is 7.15. The number of ether oxygens (including phenoxy) is 4. The molecule has 0 aliphatic carbocycles. The molecule has 0 amide bonds. The van der Waals surface area contributed by atoms with Crippen LogP contribution in [-0.4, -0.2) is 30.8 Å². The third kappa shape index (κ3) is 5.22. The van der Waals surface area contributed by atoms with Gasteiger partial charge in [-0.25, -0.2) is 0 Å². The molecule has 1 aliphatic heterocycles. The fourth-order valence-corrected chi connectivity index (χ4v) is 3.95. The zero-order valence-electron chi connectivity index (χ0n) is 19.2. The summed E-state index contributed by atoms with van der Waals surface area (Å²) in [5.41, 5.74) is 9.35. The normalized spacial score (nSPS) is 12.1. The third-order valence-corrected chi connectivity index (χ3v) is 5.68. The Morgan fingerprint density at radius 3 is 2.18 bits per heavy atom. The summed E-state index contributed by atoms with van der Waals surface area (Å²) in [6.45, 7) is 2.11. The zero-order chi connectivity index (χ0) is 24.1. The van der Waals surface area contributed by atoms with Crippen LogP contribution in [0.3, 0.4) is 0 Å². The molecule has 0 saturated carbocycles. The average Bonchev–Trinajstić information content (AvgIpc) is 3.32. The van der Waals surface area contributed by atoms with Crippen molar-refractivity contribution >= 4 is 5.69 Å². The molecular weight excluding hydrogens is 438 g/mol. The highest BCUT2D eigenvalue weighted by Crippen LogP contribution is 2.36. The van der Waals surface area contributed by atoms with Crippen molar-refractivity contribution in [1.29, 1.82) is 0 Å². The minimum atomic E-state index is -0.397. The van der Waals surface area contributed by atoms with Crippen LogP contribution < -0.4 is 24.7 Å². The maximum Gasteiger partial charge on any atom is 0.277 e. The molecule has 3 aromatic carbocycles. The summed E-state index contributed by atoms with van der Waals surface area (Å²) in [5.74, 6) is 2.17. The van der Waals surface area contributed by atoms with E-state index < -0.39 is 4.92 Å². The number of nitrogens with zero attached hydrogens (tertiary/aromatic N) is 2. The first-order valence-electron chi connectivity index (χ1n) is 10.8. The second kappa shape index (κ2) is 10.4. The quantitative estimate of drug-likeness (QED) is 0.353. The fourth-order valence-electron chi connectivity index (χ4n) is 3.95. The van der Waals surface area contributed by atoms with Crippen LogP contribution in [0.15, 0.2) is 54.6 Å². The van der Waals surface area contributed by atoms with Crippen molar-refractivity contribution in [3.63, 3.8) is 0 Å². The lowest BCUT2D eigenvalue weighted by atomic mass is 10.1. The highest BCUT2D eigenvalue weighted by atomic mass is 16.7. The van der Waals surface area contributed by atoms with Gasteiger partial charge in [-0.3, -0.25) is 15.0 Å². The molecule has 0 saturated heterocycles. The van der Waals surface area contributed by atoms with Gasteiger partial charge < -0.3 is 24.7 Å². The van der Waals surface area contributed by atoms with Crippen LogP contribution in [0.4, 0.5) is 5.69 Å². The van der Waals surface area contributed by atoms with Crippen LogP contribution in [0.1, 0.15) is 22.3 Å². The molecule has 2 N–H and O–H groups in total. The van der Waals surface area contributed by atoms with Gasteiger partial charge in [0, 0.05) is 31.7 Å². The molecule has 1 heterocycles. The number of rotatable bonds is 10. The second-order valence-electron chi connectivity index (χ2n) is 7.95. The van der Waals surface area contributed by atoms with Gasteiger partial charge in [0.25, 0.3) is 5.69 Å². The third-order valence-electron chi connectivity index (χ3n) is 5.68. The van der Waals surface area contributed by atoms with Gasteiger partial charge in [0.2, 0.25) is 6.79 Å². The number of nitrogens with two attached hydrogens (primary N) is 1. The molecule has 9 nitrogen and oxygen atoms in total. The van der Waals surface area contributed by atoms with E-state index in [4.69, 9.17) is 24.7 Å². The summed E-state index contributed by atoms with van der Waals surface area (Å²) >= 11 is 0. The lowest BCUT2D eigenvalue weighted by Gasteiger charge is -2.23. The molecule has 4 rings (SSSR count). The van der Waals surface area contributed by atoms with Gasteiger partial charge in [0.05, 0.1) is 25.2 Å². The summed E-state index contributed by atoms with van der Waals surface area (Å²) in [4.78, 5) is 13.6. The van der Waals surface area contributed by atoms with E-state index in [0.717, 1.165) is 16.7 Å². The van der Waals surface area contributed by atoms with E-state index in [1.165, 1.54) is 20.3 Å². The van der Waals surface area contributed by atoms with Gasteiger partial charge in [0.1, 0.15) is 0 Å². The molecular formula is C25H27N3O6. The van der Waals surface area contributed by atoms with E-state index >= 15 is 0 Å². The van der Waals surface area contributed by atoms with Crippen molar-refractivity contribution in [2.24, 2.45) is 5.73 Å². The van der Waals surface area contributed by atoms with E-state index in [1.54, 1.807) is 6.07 Å². The van der Waals surface area contributed by atoms with Crippen LogP contribution >= 0.6 is 0 Å². The Morgan fingerprint density at radius 2 is 1.50 bits per heavy atom. The number of benzene rings is 3. The van der Waals surface area contributed by atoms with Crippen LogP contribution in [-0.2, 0) is 26.2 Å². The molecule has 178 valence electrons. The van der Waals surface area contributed by atoms with Gasteiger partial charge in [0.15, 0.2) is 23.0 Å². The number of nitro groups is 1. The van der Waals surface area contributed by atoms with Crippen molar-refractivity contribution in [3.05, 3.63) is 87.0 Å². The first-order chi connectivity index (χ1) is 16.5. The Bertz CT molecular complexity index is 1170. The molecule has 0 unspecified atom stereocenters. The standard InChI is InChI=1S/C25H27N3O6/c1-31-23-10-20(21(28(29)30)11-24(23)32-2)15-27(13-18-5-3-17(12-26)4-6-18)14-19-7-8-22-25(9-19)34-16-33-22/h3-11H,12-16,26H2,1-2H3. The van der Waals surface area contributed by atoms with Crippen LogP contribution in [0.5, 0.6) is 23.0 Å². The van der Waals surface area contributed by atoms with Gasteiger partial charge in [-0.1, -0.05) is 30.3 Å². The summed E-state index contributed by atoms with van der Waals surface area (Å²) in [6, 6.07) is 16.9. The first kappa shape index (κ1) is 23.3. The number of methoxy groups -OCH3 is 2. The minimum absolute atomic E-state index is 0.0215. The molecule has 0 bridgehead atoms. The van der Waals surface area contributed by atoms with E-state index in [9.17, 15) is 10.1 Å². The monoisotopic (exact) mass is 465 g/mol. The Labute approximate surface area is 197 Å². The molecule has 0 fully saturated rings. The van der Waals surface area contributed by atoms with E-state index in [1.807, 2.05) is 42.5 Å². The van der Waals surface area contributed by atoms with Crippen LogP contribution in [0, 0.1) is 10.1 Å². The SMILES string of the molecule is COc1cc(CN(Cc2ccc(CN)cc2)Cc2ccc3c(c2)OCO3)c([N+](=O)[O-])cc1OC. The molecule has 0 spiro atoms. The Morgan fingerprint density at radius 1 is 0.882 bits per heavy atom. The molecule has 34 heavy (non-hydrogen) atoms. The van der Waals surface area contributed by atoms with E-state index in [-0.39, 0.29) is 12.5 Å². The van der Waals surface area contributed by atoms with Crippen molar-refractivity contribution < 1.29 is 23.9 Å². The fraction of sp³-hybridized carbons (Fsp3) is 0.280. The number of hydrogen-bond acceptors (Lipinski definition) is 8. The van der Waals surface area contributed by atoms with Gasteiger partial charge in [-0.2, -0.15) is 0 Å². The maximum absolute atomic E-state index is 11.8. The highest BCUT2D eigenvalue weighted by molar-refractivity contribution is 5.54. The predicted molar refractivity (Wildman–Crippen MR) is 126 cm³/mol. The predicted octanol–water partition coefficient (Wildman–Crippen LogP) is 4.00. The van der Waals surface area contributed by atoms with Gasteiger partial charge >= 0.3 is 0 Å². The minimum Gasteiger partial charge on any atom is -0.493 e. The molecule has 0 radical (unpaired) electrons. The van der Waals surface area contributed by atoms with Gasteiger partial charge in [-0.05, 0) is 34.9 Å². The number of fused-ring (bicyclic) bond motifs is 1. The van der Waals surface area contributed by atoms with Gasteiger partial charge in [-0.15, -0.1) is 0 Å². The number of nitro benzene ring substituents is 1. The topological polar surface area (TPSA) is 109 Å². The van der Waals surface area contributed by atoms with Crippen molar-refractivity contribution in [2.45, 2.75) is 26.2 Å². The first-order valence-corrected chi connectivity index (χ1v) is 10.8. The molecule has 3 aromatic rings. The molecule has 1 aliphatic rings. The summed E-state index contributed by atoms with van der Waals surface area (Å²) in [5, 5.41) is 11.8. The zero-order valence-corrected chi connectivity index (χ0v) is 19.2. The average molecular weight is 466 g/mol. The largest absolute Gasteiger partial charge is 0.493 e. The van der Waals surface area contributed by atoms with E-state index in [0.29, 0.717) is 54.7 Å².